The standard InChI is InChI=1S/C16H11Br2NO4S/c1-23-15-5-2-10(7-14(15)20)6-12(9-19)24(21,22)16-8-11(17)3-4-13(16)18/h2-8,20H,1H3/b12-6+. The predicted molar refractivity (Wildman–Crippen MR) is 97.3 cm³/mol. The monoisotopic (exact) mass is 471 g/mol. The lowest BCUT2D eigenvalue weighted by molar-refractivity contribution is 0.373. The lowest BCUT2D eigenvalue weighted by Gasteiger charge is -2.07. The Balaban J connectivity index is 2.56. The summed E-state index contributed by atoms with van der Waals surface area (Å²) >= 11 is 6.40. The summed E-state index contributed by atoms with van der Waals surface area (Å²) in [5, 5.41) is 19.1. The van der Waals surface area contributed by atoms with E-state index < -0.39 is 14.7 Å². The lowest BCUT2D eigenvalue weighted by Crippen LogP contribution is -2.04. The van der Waals surface area contributed by atoms with Crippen molar-refractivity contribution in [3.8, 4) is 17.6 Å². The molecule has 5 nitrogen and oxygen atoms in total. The molecule has 0 fully saturated rings. The number of hydrogen-bond donors (Lipinski definition) is 1. The average Bonchev–Trinajstić information content (AvgIpc) is 2.54. The first-order valence-corrected chi connectivity index (χ1v) is 9.55. The number of aromatic hydroxyl groups is 1. The third-order valence-electron chi connectivity index (χ3n) is 3.08. The van der Waals surface area contributed by atoms with E-state index in [0.717, 1.165) is 0 Å². The summed E-state index contributed by atoms with van der Waals surface area (Å²) in [6.07, 6.45) is 1.20. The van der Waals surface area contributed by atoms with E-state index in [9.17, 15) is 18.8 Å². The normalized spacial score (nSPS) is 11.8. The second-order valence-electron chi connectivity index (χ2n) is 4.63. The van der Waals surface area contributed by atoms with Crippen LogP contribution in [0.3, 0.4) is 0 Å². The number of hydrogen-bond acceptors (Lipinski definition) is 5. The van der Waals surface area contributed by atoms with Gasteiger partial charge in [-0.1, -0.05) is 22.0 Å². The van der Waals surface area contributed by atoms with E-state index in [1.165, 1.54) is 31.4 Å². The number of benzene rings is 2. The molecule has 0 spiro atoms. The van der Waals surface area contributed by atoms with Crippen LogP contribution in [0.1, 0.15) is 5.56 Å². The van der Waals surface area contributed by atoms with Crippen molar-refractivity contribution in [2.24, 2.45) is 0 Å². The van der Waals surface area contributed by atoms with E-state index in [1.807, 2.05) is 0 Å². The van der Waals surface area contributed by atoms with Gasteiger partial charge in [-0.25, -0.2) is 8.42 Å². The van der Waals surface area contributed by atoms with E-state index in [-0.39, 0.29) is 16.4 Å². The molecule has 1 N–H and O–H groups in total. The summed E-state index contributed by atoms with van der Waals surface area (Å²) in [5.74, 6) is 0.104. The SMILES string of the molecule is COc1ccc(/C=C(\C#N)S(=O)(=O)c2cc(Br)ccc2Br)cc1O. The third kappa shape index (κ3) is 3.80. The Hall–Kier alpha value is -1.82. The fraction of sp³-hybridized carbons (Fsp3) is 0.0625. The summed E-state index contributed by atoms with van der Waals surface area (Å²) in [6, 6.07) is 10.7. The molecular weight excluding hydrogens is 462 g/mol. The first-order valence-electron chi connectivity index (χ1n) is 6.48. The average molecular weight is 473 g/mol. The Kier molecular flexibility index (Phi) is 5.70. The zero-order valence-corrected chi connectivity index (χ0v) is 16.3. The predicted octanol–water partition coefficient (Wildman–Crippen LogP) is 4.26. The van der Waals surface area contributed by atoms with Crippen LogP contribution in [0.4, 0.5) is 0 Å². The topological polar surface area (TPSA) is 87.4 Å². The lowest BCUT2D eigenvalue weighted by atomic mass is 10.2. The van der Waals surface area contributed by atoms with E-state index in [2.05, 4.69) is 31.9 Å². The summed E-state index contributed by atoms with van der Waals surface area (Å²) in [4.78, 5) is -0.465. The summed E-state index contributed by atoms with van der Waals surface area (Å²) in [5.41, 5.74) is 0.361. The molecule has 0 radical (unpaired) electrons. The molecule has 0 saturated carbocycles. The number of halogens is 2. The van der Waals surface area contributed by atoms with E-state index in [0.29, 0.717) is 14.5 Å². The van der Waals surface area contributed by atoms with Crippen LogP contribution in [-0.4, -0.2) is 20.6 Å². The van der Waals surface area contributed by atoms with Gasteiger partial charge in [-0.15, -0.1) is 0 Å². The molecule has 124 valence electrons. The van der Waals surface area contributed by atoms with Gasteiger partial charge in [-0.2, -0.15) is 5.26 Å². The van der Waals surface area contributed by atoms with Crippen molar-refractivity contribution in [2.45, 2.75) is 4.90 Å². The van der Waals surface area contributed by atoms with Gasteiger partial charge in [0.05, 0.1) is 12.0 Å². The minimum Gasteiger partial charge on any atom is -0.504 e. The van der Waals surface area contributed by atoms with Crippen LogP contribution in [0.25, 0.3) is 6.08 Å². The highest BCUT2D eigenvalue weighted by atomic mass is 79.9. The van der Waals surface area contributed by atoms with Gasteiger partial charge >= 0.3 is 0 Å². The van der Waals surface area contributed by atoms with Gasteiger partial charge in [0, 0.05) is 8.95 Å². The molecule has 0 aliphatic rings. The molecule has 24 heavy (non-hydrogen) atoms. The molecule has 0 atom stereocenters. The number of methoxy groups -OCH3 is 1. The van der Waals surface area contributed by atoms with Crippen LogP contribution in [0.2, 0.25) is 0 Å². The number of nitrogens with zero attached hydrogens (tertiary/aromatic N) is 1. The molecule has 0 heterocycles. The highest BCUT2D eigenvalue weighted by Gasteiger charge is 2.24. The number of phenols is 1. The molecule has 2 aromatic rings. The molecular formula is C16H11Br2NO4S. The molecule has 0 aliphatic carbocycles. The van der Waals surface area contributed by atoms with E-state index in [1.54, 1.807) is 24.3 Å². The molecule has 0 unspecified atom stereocenters. The van der Waals surface area contributed by atoms with Crippen molar-refractivity contribution in [1.82, 2.24) is 0 Å². The van der Waals surface area contributed by atoms with Crippen LogP contribution >= 0.6 is 31.9 Å². The van der Waals surface area contributed by atoms with Gasteiger partial charge in [0.25, 0.3) is 0 Å². The van der Waals surface area contributed by atoms with Gasteiger partial charge in [0.2, 0.25) is 9.84 Å². The number of allylic oxidation sites excluding steroid dienone is 1. The number of sulfone groups is 1. The molecule has 0 amide bonds. The first kappa shape index (κ1) is 18.5. The van der Waals surface area contributed by atoms with E-state index >= 15 is 0 Å². The Labute approximate surface area is 156 Å². The Morgan fingerprint density at radius 1 is 1.25 bits per heavy atom. The van der Waals surface area contributed by atoms with Crippen LogP contribution in [0.15, 0.2) is 55.1 Å². The Bertz CT molecular complexity index is 963. The van der Waals surface area contributed by atoms with Crippen molar-refractivity contribution in [1.29, 1.82) is 5.26 Å². The molecule has 2 aromatic carbocycles. The van der Waals surface area contributed by atoms with Crippen LogP contribution in [0.5, 0.6) is 11.5 Å². The van der Waals surface area contributed by atoms with Gasteiger partial charge in [-0.3, -0.25) is 0 Å². The number of phenolic OH excluding ortho intramolecular Hbond substituents is 1. The third-order valence-corrected chi connectivity index (χ3v) is 6.24. The fourth-order valence-corrected chi connectivity index (χ4v) is 4.57. The van der Waals surface area contributed by atoms with Crippen molar-refractivity contribution in [2.75, 3.05) is 7.11 Å². The molecule has 0 saturated heterocycles. The van der Waals surface area contributed by atoms with Gasteiger partial charge < -0.3 is 9.84 Å². The molecule has 0 aliphatic heterocycles. The van der Waals surface area contributed by atoms with Gasteiger partial charge in [0.15, 0.2) is 11.5 Å². The minimum absolute atomic E-state index is 0.0255. The number of ether oxygens (including phenoxy) is 1. The largest absolute Gasteiger partial charge is 0.504 e. The van der Waals surface area contributed by atoms with Crippen molar-refractivity contribution in [3.63, 3.8) is 0 Å². The smallest absolute Gasteiger partial charge is 0.217 e. The molecule has 2 rings (SSSR count). The number of nitriles is 1. The van der Waals surface area contributed by atoms with Crippen molar-refractivity contribution in [3.05, 3.63) is 55.8 Å². The zero-order chi connectivity index (χ0) is 17.9. The Morgan fingerprint density at radius 3 is 2.54 bits per heavy atom. The van der Waals surface area contributed by atoms with Gasteiger partial charge in [-0.05, 0) is 57.9 Å². The highest BCUT2D eigenvalue weighted by molar-refractivity contribution is 9.11. The molecule has 0 aromatic heterocycles. The van der Waals surface area contributed by atoms with Crippen LogP contribution in [-0.2, 0) is 9.84 Å². The number of rotatable bonds is 4. The zero-order valence-electron chi connectivity index (χ0n) is 12.3. The van der Waals surface area contributed by atoms with E-state index in [4.69, 9.17) is 4.74 Å². The minimum atomic E-state index is -4.02. The van der Waals surface area contributed by atoms with Gasteiger partial charge in [0.1, 0.15) is 11.0 Å². The second-order valence-corrected chi connectivity index (χ2v) is 8.29. The maximum atomic E-state index is 12.7. The maximum Gasteiger partial charge on any atom is 0.217 e. The fourth-order valence-electron chi connectivity index (χ4n) is 1.92. The molecule has 8 heteroatoms. The van der Waals surface area contributed by atoms with Crippen molar-refractivity contribution >= 4 is 47.8 Å². The molecule has 0 bridgehead atoms. The Morgan fingerprint density at radius 2 is 1.96 bits per heavy atom. The van der Waals surface area contributed by atoms with Crippen LogP contribution in [0, 0.1) is 11.3 Å². The highest BCUT2D eigenvalue weighted by Crippen LogP contribution is 2.32. The van der Waals surface area contributed by atoms with Crippen LogP contribution < -0.4 is 4.74 Å². The summed E-state index contributed by atoms with van der Waals surface area (Å²) in [6.45, 7) is 0. The summed E-state index contributed by atoms with van der Waals surface area (Å²) in [7, 11) is -2.62. The quantitative estimate of drug-likeness (QED) is 0.671. The maximum absolute atomic E-state index is 12.7. The first-order chi connectivity index (χ1) is 11.3. The summed E-state index contributed by atoms with van der Waals surface area (Å²) < 4.78 is 31.3. The second kappa shape index (κ2) is 7.38. The van der Waals surface area contributed by atoms with Crippen molar-refractivity contribution < 1.29 is 18.3 Å².